The van der Waals surface area contributed by atoms with Crippen LogP contribution in [0.2, 0.25) is 5.02 Å². The number of urea groups is 1. The summed E-state index contributed by atoms with van der Waals surface area (Å²) in [4.78, 5) is 24.7. The minimum absolute atomic E-state index is 0.0195. The summed E-state index contributed by atoms with van der Waals surface area (Å²) >= 11 is 5.77. The van der Waals surface area contributed by atoms with Gasteiger partial charge in [-0.15, -0.1) is 0 Å². The number of nitrogens with zero attached hydrogens (tertiary/aromatic N) is 1. The Morgan fingerprint density at radius 1 is 1.47 bits per heavy atom. The van der Waals surface area contributed by atoms with Gasteiger partial charge in [0.25, 0.3) is 0 Å². The third kappa shape index (κ3) is 2.98. The molecule has 6 heteroatoms. The zero-order valence-corrected chi connectivity index (χ0v) is 11.3. The molecule has 0 aromatic heterocycles. The molecule has 1 saturated heterocycles. The Bertz CT molecular complexity index is 519. The van der Waals surface area contributed by atoms with Gasteiger partial charge in [-0.1, -0.05) is 11.6 Å². The largest absolute Gasteiger partial charge is 0.478 e. The average Bonchev–Trinajstić information content (AvgIpc) is 2.77. The van der Waals surface area contributed by atoms with E-state index in [9.17, 15) is 9.59 Å². The SMILES string of the molecule is CC1CCCN1C(=O)Nc1ccc(Cl)c(C(=O)O)c1. The maximum Gasteiger partial charge on any atom is 0.337 e. The summed E-state index contributed by atoms with van der Waals surface area (Å²) in [6.45, 7) is 2.73. The van der Waals surface area contributed by atoms with Gasteiger partial charge in [0.2, 0.25) is 0 Å². The van der Waals surface area contributed by atoms with Gasteiger partial charge >= 0.3 is 12.0 Å². The molecule has 5 nitrogen and oxygen atoms in total. The van der Waals surface area contributed by atoms with E-state index in [0.717, 1.165) is 19.4 Å². The fourth-order valence-electron chi connectivity index (χ4n) is 2.20. The van der Waals surface area contributed by atoms with Crippen molar-refractivity contribution in [3.63, 3.8) is 0 Å². The lowest BCUT2D eigenvalue weighted by Crippen LogP contribution is -2.37. The third-order valence-corrected chi connectivity index (χ3v) is 3.59. The molecule has 0 saturated carbocycles. The van der Waals surface area contributed by atoms with E-state index in [0.29, 0.717) is 5.69 Å². The van der Waals surface area contributed by atoms with E-state index in [1.165, 1.54) is 12.1 Å². The molecular weight excluding hydrogens is 268 g/mol. The molecule has 1 fully saturated rings. The highest BCUT2D eigenvalue weighted by molar-refractivity contribution is 6.33. The number of hydrogen-bond donors (Lipinski definition) is 2. The van der Waals surface area contributed by atoms with Crippen LogP contribution >= 0.6 is 11.6 Å². The molecule has 0 spiro atoms. The van der Waals surface area contributed by atoms with Crippen LogP contribution in [-0.4, -0.2) is 34.6 Å². The van der Waals surface area contributed by atoms with Crippen LogP contribution in [0.5, 0.6) is 0 Å². The first-order valence-electron chi connectivity index (χ1n) is 6.09. The van der Waals surface area contributed by atoms with E-state index in [-0.39, 0.29) is 22.7 Å². The number of nitrogens with one attached hydrogen (secondary N) is 1. The van der Waals surface area contributed by atoms with Crippen LogP contribution < -0.4 is 5.32 Å². The van der Waals surface area contributed by atoms with E-state index in [4.69, 9.17) is 16.7 Å². The number of rotatable bonds is 2. The quantitative estimate of drug-likeness (QED) is 0.876. The molecule has 2 rings (SSSR count). The number of likely N-dealkylation sites (tertiary alicyclic amines) is 1. The van der Waals surface area contributed by atoms with Crippen molar-refractivity contribution in [1.29, 1.82) is 0 Å². The summed E-state index contributed by atoms with van der Waals surface area (Å²) in [6, 6.07) is 4.43. The average molecular weight is 283 g/mol. The molecule has 1 atom stereocenters. The summed E-state index contributed by atoms with van der Waals surface area (Å²) in [6.07, 6.45) is 1.99. The molecule has 19 heavy (non-hydrogen) atoms. The molecule has 1 aromatic rings. The molecule has 1 aromatic carbocycles. The summed E-state index contributed by atoms with van der Waals surface area (Å²) in [5.41, 5.74) is 0.417. The van der Waals surface area contributed by atoms with Gasteiger partial charge in [-0.05, 0) is 38.0 Å². The number of carbonyl (C=O) groups is 2. The van der Waals surface area contributed by atoms with E-state index in [2.05, 4.69) is 5.32 Å². The monoisotopic (exact) mass is 282 g/mol. The van der Waals surface area contributed by atoms with Gasteiger partial charge in [0.05, 0.1) is 10.6 Å². The minimum Gasteiger partial charge on any atom is -0.478 e. The van der Waals surface area contributed by atoms with Gasteiger partial charge in [-0.3, -0.25) is 0 Å². The first-order chi connectivity index (χ1) is 8.99. The molecule has 2 amide bonds. The topological polar surface area (TPSA) is 69.6 Å². The predicted molar refractivity (Wildman–Crippen MR) is 72.8 cm³/mol. The Labute approximate surface area is 116 Å². The number of amides is 2. The normalized spacial score (nSPS) is 18.4. The molecule has 1 aliphatic rings. The standard InChI is InChI=1S/C13H15ClN2O3/c1-8-3-2-6-16(8)13(19)15-9-4-5-11(14)10(7-9)12(17)18/h4-5,7-8H,2-3,6H2,1H3,(H,15,19)(H,17,18). The van der Waals surface area contributed by atoms with Crippen LogP contribution in [0.3, 0.4) is 0 Å². The smallest absolute Gasteiger partial charge is 0.337 e. The molecular formula is C13H15ClN2O3. The number of hydrogen-bond acceptors (Lipinski definition) is 2. The van der Waals surface area contributed by atoms with Crippen LogP contribution in [0, 0.1) is 0 Å². The van der Waals surface area contributed by atoms with Crippen LogP contribution in [-0.2, 0) is 0 Å². The summed E-state index contributed by atoms with van der Waals surface area (Å²) in [7, 11) is 0. The molecule has 1 heterocycles. The van der Waals surface area contributed by atoms with Crippen molar-refractivity contribution in [2.45, 2.75) is 25.8 Å². The van der Waals surface area contributed by atoms with E-state index in [1.807, 2.05) is 6.92 Å². The maximum atomic E-state index is 12.0. The van der Waals surface area contributed by atoms with Crippen molar-refractivity contribution in [1.82, 2.24) is 4.90 Å². The number of carboxylic acids is 1. The zero-order valence-electron chi connectivity index (χ0n) is 10.5. The first-order valence-corrected chi connectivity index (χ1v) is 6.47. The van der Waals surface area contributed by atoms with Crippen LogP contribution in [0.15, 0.2) is 18.2 Å². The highest BCUT2D eigenvalue weighted by Gasteiger charge is 2.25. The number of aromatic carboxylic acids is 1. The fourth-order valence-corrected chi connectivity index (χ4v) is 2.40. The Hall–Kier alpha value is -1.75. The van der Waals surface area contributed by atoms with Crippen LogP contribution in [0.25, 0.3) is 0 Å². The number of benzene rings is 1. The number of carboxylic acid groups (broad SMARTS) is 1. The van der Waals surface area contributed by atoms with Crippen LogP contribution in [0.1, 0.15) is 30.1 Å². The van der Waals surface area contributed by atoms with Gasteiger partial charge in [0, 0.05) is 18.3 Å². The highest BCUT2D eigenvalue weighted by atomic mass is 35.5. The van der Waals surface area contributed by atoms with Gasteiger partial charge in [0.1, 0.15) is 0 Å². The lowest BCUT2D eigenvalue weighted by atomic mass is 10.2. The summed E-state index contributed by atoms with van der Waals surface area (Å²) < 4.78 is 0. The molecule has 1 aliphatic heterocycles. The predicted octanol–water partition coefficient (Wildman–Crippen LogP) is 3.05. The maximum absolute atomic E-state index is 12.0. The Morgan fingerprint density at radius 3 is 2.79 bits per heavy atom. The molecule has 2 N–H and O–H groups in total. The van der Waals surface area contributed by atoms with Crippen molar-refractivity contribution < 1.29 is 14.7 Å². The fraction of sp³-hybridized carbons (Fsp3) is 0.385. The van der Waals surface area contributed by atoms with Crippen molar-refractivity contribution in [2.24, 2.45) is 0 Å². The lowest BCUT2D eigenvalue weighted by Gasteiger charge is -2.21. The van der Waals surface area contributed by atoms with Crippen LogP contribution in [0.4, 0.5) is 10.5 Å². The van der Waals surface area contributed by atoms with Crippen molar-refractivity contribution in [3.05, 3.63) is 28.8 Å². The van der Waals surface area contributed by atoms with E-state index >= 15 is 0 Å². The van der Waals surface area contributed by atoms with Crippen molar-refractivity contribution in [2.75, 3.05) is 11.9 Å². The number of halogens is 1. The Kier molecular flexibility index (Phi) is 3.95. The first kappa shape index (κ1) is 13.7. The van der Waals surface area contributed by atoms with Crippen molar-refractivity contribution >= 4 is 29.3 Å². The lowest BCUT2D eigenvalue weighted by molar-refractivity contribution is 0.0697. The second-order valence-corrected chi connectivity index (χ2v) is 5.02. The Morgan fingerprint density at radius 2 is 2.21 bits per heavy atom. The van der Waals surface area contributed by atoms with Gasteiger partial charge in [-0.25, -0.2) is 9.59 Å². The minimum atomic E-state index is -1.12. The third-order valence-electron chi connectivity index (χ3n) is 3.26. The molecule has 1 unspecified atom stereocenters. The van der Waals surface area contributed by atoms with Gasteiger partial charge in [0.15, 0.2) is 0 Å². The van der Waals surface area contributed by atoms with Crippen molar-refractivity contribution in [3.8, 4) is 0 Å². The molecule has 0 bridgehead atoms. The Balaban J connectivity index is 2.13. The second kappa shape index (κ2) is 5.48. The highest BCUT2D eigenvalue weighted by Crippen LogP contribution is 2.22. The van der Waals surface area contributed by atoms with Gasteiger partial charge < -0.3 is 15.3 Å². The zero-order chi connectivity index (χ0) is 14.0. The van der Waals surface area contributed by atoms with E-state index < -0.39 is 5.97 Å². The molecule has 102 valence electrons. The molecule has 0 aliphatic carbocycles. The number of anilines is 1. The van der Waals surface area contributed by atoms with E-state index in [1.54, 1.807) is 11.0 Å². The molecule has 0 radical (unpaired) electrons. The number of carbonyl (C=O) groups excluding carboxylic acids is 1. The summed E-state index contributed by atoms with van der Waals surface area (Å²) in [5.74, 6) is -1.12. The van der Waals surface area contributed by atoms with Gasteiger partial charge in [-0.2, -0.15) is 0 Å². The second-order valence-electron chi connectivity index (χ2n) is 4.61. The summed E-state index contributed by atoms with van der Waals surface area (Å²) in [5, 5.41) is 11.8.